The number of aromatic nitrogens is 1. The van der Waals surface area contributed by atoms with E-state index in [-0.39, 0.29) is 22.5 Å². The maximum atomic E-state index is 11.4. The number of ether oxygens (including phenoxy) is 1. The first kappa shape index (κ1) is 11.8. The Balaban J connectivity index is 3.17. The van der Waals surface area contributed by atoms with Gasteiger partial charge in [0.1, 0.15) is 5.69 Å². The predicted molar refractivity (Wildman–Crippen MR) is 56.1 cm³/mol. The number of aromatic carboxylic acids is 1. The second-order valence-electron chi connectivity index (χ2n) is 2.84. The third-order valence-corrected chi connectivity index (χ3v) is 2.49. The summed E-state index contributed by atoms with van der Waals surface area (Å²) in [5, 5.41) is 8.87. The smallest absolute Gasteiger partial charge is 0.355 e. The number of hydrogen-bond donors (Lipinski definition) is 2. The average molecular weight is 276 g/mol. The van der Waals surface area contributed by atoms with Gasteiger partial charge in [-0.25, -0.2) is 9.59 Å². The fourth-order valence-electron chi connectivity index (χ4n) is 1.22. The van der Waals surface area contributed by atoms with Crippen molar-refractivity contribution in [1.29, 1.82) is 0 Å². The summed E-state index contributed by atoms with van der Waals surface area (Å²) in [5.41, 5.74) is 0.590. The highest BCUT2D eigenvalue weighted by molar-refractivity contribution is 9.10. The molecule has 5 nitrogen and oxygen atoms in total. The molecule has 6 heteroatoms. The lowest BCUT2D eigenvalue weighted by molar-refractivity contribution is 0.0519. The molecule has 0 spiro atoms. The topological polar surface area (TPSA) is 79.4 Å². The summed E-state index contributed by atoms with van der Waals surface area (Å²) in [6.07, 6.45) is 0. The highest BCUT2D eigenvalue weighted by Crippen LogP contribution is 2.23. The van der Waals surface area contributed by atoms with Gasteiger partial charge in [-0.1, -0.05) is 0 Å². The summed E-state index contributed by atoms with van der Waals surface area (Å²) < 4.78 is 5.05. The van der Waals surface area contributed by atoms with Crippen molar-refractivity contribution in [1.82, 2.24) is 4.98 Å². The molecule has 82 valence electrons. The minimum atomic E-state index is -1.09. The third-order valence-electron chi connectivity index (χ3n) is 1.90. The van der Waals surface area contributed by atoms with Crippen LogP contribution in [0.1, 0.15) is 33.3 Å². The van der Waals surface area contributed by atoms with Crippen LogP contribution in [0.25, 0.3) is 0 Å². The Bertz CT molecular complexity index is 410. The standard InChI is InChI=1S/C9H10BrNO4/c1-3-15-9(14)6-4(2)5(8(12)13)7(10)11-6/h11H,3H2,1-2H3,(H,12,13). The highest BCUT2D eigenvalue weighted by Gasteiger charge is 2.22. The molecule has 0 saturated heterocycles. The van der Waals surface area contributed by atoms with Gasteiger partial charge in [-0.2, -0.15) is 0 Å². The zero-order chi connectivity index (χ0) is 11.6. The minimum absolute atomic E-state index is 0.0538. The predicted octanol–water partition coefficient (Wildman–Crippen LogP) is 1.96. The number of rotatable bonds is 3. The molecule has 1 heterocycles. The number of carboxylic acids is 1. The molecule has 1 rings (SSSR count). The van der Waals surface area contributed by atoms with Crippen LogP contribution < -0.4 is 0 Å². The van der Waals surface area contributed by atoms with Gasteiger partial charge in [0.15, 0.2) is 0 Å². The first-order valence-electron chi connectivity index (χ1n) is 4.27. The quantitative estimate of drug-likeness (QED) is 0.827. The maximum Gasteiger partial charge on any atom is 0.355 e. The molecule has 1 aromatic heterocycles. The van der Waals surface area contributed by atoms with Gasteiger partial charge in [0.2, 0.25) is 0 Å². The molecule has 0 unspecified atom stereocenters. The van der Waals surface area contributed by atoms with Crippen molar-refractivity contribution in [3.63, 3.8) is 0 Å². The van der Waals surface area contributed by atoms with Crippen molar-refractivity contribution in [2.24, 2.45) is 0 Å². The summed E-state index contributed by atoms with van der Waals surface area (Å²) in [6, 6.07) is 0. The van der Waals surface area contributed by atoms with Crippen LogP contribution in [0, 0.1) is 6.92 Å². The largest absolute Gasteiger partial charge is 0.478 e. The summed E-state index contributed by atoms with van der Waals surface area (Å²) in [5.74, 6) is -1.64. The third kappa shape index (κ3) is 2.20. The van der Waals surface area contributed by atoms with Gasteiger partial charge in [-0.15, -0.1) is 0 Å². The van der Waals surface area contributed by atoms with Gasteiger partial charge in [0, 0.05) is 0 Å². The Morgan fingerprint density at radius 2 is 2.13 bits per heavy atom. The number of carboxylic acid groups (broad SMARTS) is 1. The van der Waals surface area contributed by atoms with Crippen LogP contribution in [-0.2, 0) is 4.74 Å². The zero-order valence-corrected chi connectivity index (χ0v) is 9.84. The van der Waals surface area contributed by atoms with E-state index in [4.69, 9.17) is 9.84 Å². The van der Waals surface area contributed by atoms with E-state index < -0.39 is 11.9 Å². The van der Waals surface area contributed by atoms with Gasteiger partial charge in [-0.05, 0) is 35.3 Å². The SMILES string of the molecule is CCOC(=O)c1[nH]c(Br)c(C(=O)O)c1C. The van der Waals surface area contributed by atoms with Crippen molar-refractivity contribution in [3.8, 4) is 0 Å². The Kier molecular flexibility index (Phi) is 3.52. The number of nitrogens with one attached hydrogen (secondary N) is 1. The lowest BCUT2D eigenvalue weighted by Gasteiger charge is -1.99. The second kappa shape index (κ2) is 4.48. The van der Waals surface area contributed by atoms with Crippen molar-refractivity contribution in [2.45, 2.75) is 13.8 Å². The molecule has 0 bridgehead atoms. The lowest BCUT2D eigenvalue weighted by Crippen LogP contribution is -2.07. The van der Waals surface area contributed by atoms with E-state index in [0.717, 1.165) is 0 Å². The number of carbonyl (C=O) groups excluding carboxylic acids is 1. The number of aromatic amines is 1. The van der Waals surface area contributed by atoms with Gasteiger partial charge in [0.05, 0.1) is 16.8 Å². The fraction of sp³-hybridized carbons (Fsp3) is 0.333. The van der Waals surface area contributed by atoms with Crippen LogP contribution in [0.15, 0.2) is 4.60 Å². The Morgan fingerprint density at radius 3 is 2.53 bits per heavy atom. The molecular weight excluding hydrogens is 266 g/mol. The zero-order valence-electron chi connectivity index (χ0n) is 8.26. The number of halogens is 1. The first-order chi connectivity index (χ1) is 6.99. The van der Waals surface area contributed by atoms with Gasteiger partial charge in [-0.3, -0.25) is 0 Å². The van der Waals surface area contributed by atoms with Gasteiger partial charge >= 0.3 is 11.9 Å². The molecule has 0 aliphatic rings. The molecule has 0 radical (unpaired) electrons. The van der Waals surface area contributed by atoms with E-state index >= 15 is 0 Å². The molecule has 0 atom stereocenters. The molecule has 0 aromatic carbocycles. The molecule has 1 aromatic rings. The summed E-state index contributed by atoms with van der Waals surface area (Å²) >= 11 is 3.04. The van der Waals surface area contributed by atoms with Crippen molar-refractivity contribution in [3.05, 3.63) is 21.4 Å². The Hall–Kier alpha value is -1.30. The van der Waals surface area contributed by atoms with Crippen molar-refractivity contribution < 1.29 is 19.4 Å². The van der Waals surface area contributed by atoms with Crippen LogP contribution in [0.3, 0.4) is 0 Å². The van der Waals surface area contributed by atoms with Crippen LogP contribution >= 0.6 is 15.9 Å². The second-order valence-corrected chi connectivity index (χ2v) is 3.63. The van der Waals surface area contributed by atoms with E-state index in [9.17, 15) is 9.59 Å². The summed E-state index contributed by atoms with van der Waals surface area (Å²) in [6.45, 7) is 3.48. The molecule has 0 fully saturated rings. The highest BCUT2D eigenvalue weighted by atomic mass is 79.9. The number of carbonyl (C=O) groups is 2. The van der Waals surface area contributed by atoms with E-state index in [1.54, 1.807) is 13.8 Å². The molecule has 15 heavy (non-hydrogen) atoms. The van der Waals surface area contributed by atoms with E-state index in [0.29, 0.717) is 5.56 Å². The number of H-pyrrole nitrogens is 1. The van der Waals surface area contributed by atoms with Crippen LogP contribution in [0.5, 0.6) is 0 Å². The van der Waals surface area contributed by atoms with Crippen LogP contribution in [0.2, 0.25) is 0 Å². The molecule has 2 N–H and O–H groups in total. The summed E-state index contributed by atoms with van der Waals surface area (Å²) in [7, 11) is 0. The summed E-state index contributed by atoms with van der Waals surface area (Å²) in [4.78, 5) is 24.9. The monoisotopic (exact) mass is 275 g/mol. The number of hydrogen-bond acceptors (Lipinski definition) is 3. The fourth-order valence-corrected chi connectivity index (χ4v) is 1.88. The Morgan fingerprint density at radius 1 is 1.53 bits per heavy atom. The molecule has 0 saturated carbocycles. The number of esters is 1. The minimum Gasteiger partial charge on any atom is -0.478 e. The first-order valence-corrected chi connectivity index (χ1v) is 5.06. The van der Waals surface area contributed by atoms with Crippen molar-refractivity contribution >= 4 is 27.9 Å². The molecule has 0 aliphatic carbocycles. The lowest BCUT2D eigenvalue weighted by atomic mass is 10.2. The molecular formula is C9H10BrNO4. The van der Waals surface area contributed by atoms with E-state index in [1.807, 2.05) is 0 Å². The van der Waals surface area contributed by atoms with Gasteiger partial charge in [0.25, 0.3) is 0 Å². The molecule has 0 aliphatic heterocycles. The van der Waals surface area contributed by atoms with Crippen molar-refractivity contribution in [2.75, 3.05) is 6.61 Å². The van der Waals surface area contributed by atoms with Gasteiger partial charge < -0.3 is 14.8 Å². The molecule has 0 amide bonds. The normalized spacial score (nSPS) is 10.1. The Labute approximate surface area is 94.6 Å². The van der Waals surface area contributed by atoms with E-state index in [1.165, 1.54) is 0 Å². The van der Waals surface area contributed by atoms with E-state index in [2.05, 4.69) is 20.9 Å². The van der Waals surface area contributed by atoms with Crippen LogP contribution in [0.4, 0.5) is 0 Å². The average Bonchev–Trinajstić information content (AvgIpc) is 2.42. The maximum absolute atomic E-state index is 11.4. The van der Waals surface area contributed by atoms with Crippen LogP contribution in [-0.4, -0.2) is 28.6 Å².